The largest absolute Gasteiger partial charge is 0.385 e. The molecular weight excluding hydrogens is 176 g/mol. The highest BCUT2D eigenvalue weighted by Crippen LogP contribution is 2.09. The fraction of sp³-hybridized carbons (Fsp3) is 0.364. The molecule has 0 unspecified atom stereocenters. The molecule has 0 aliphatic carbocycles. The number of nitrogens with one attached hydrogen (secondary N) is 1. The molecule has 3 N–H and O–H groups in total. The van der Waals surface area contributed by atoms with Crippen molar-refractivity contribution in [1.29, 1.82) is 0 Å². The summed E-state index contributed by atoms with van der Waals surface area (Å²) in [5.74, 6) is 0.214. The predicted octanol–water partition coefficient (Wildman–Crippen LogP) is 1.85. The normalized spacial score (nSPS) is 10.2. The molecule has 0 saturated carbocycles. The predicted molar refractivity (Wildman–Crippen MR) is 58.3 cm³/mol. The molecular formula is C11H16N2O. The lowest BCUT2D eigenvalue weighted by Crippen LogP contribution is -2.11. The van der Waals surface area contributed by atoms with Crippen LogP contribution >= 0.6 is 0 Å². The third-order valence-corrected chi connectivity index (χ3v) is 1.88. The van der Waals surface area contributed by atoms with Crippen LogP contribution < -0.4 is 11.1 Å². The van der Waals surface area contributed by atoms with Crippen molar-refractivity contribution in [2.24, 2.45) is 11.7 Å². The Bertz CT molecular complexity index is 304. The third kappa shape index (κ3) is 3.09. The fourth-order valence-corrected chi connectivity index (χ4v) is 1.07. The second-order valence-electron chi connectivity index (χ2n) is 3.72. The van der Waals surface area contributed by atoms with E-state index < -0.39 is 0 Å². The second kappa shape index (κ2) is 4.65. The van der Waals surface area contributed by atoms with E-state index in [0.29, 0.717) is 11.5 Å². The average Bonchev–Trinajstić information content (AvgIpc) is 2.15. The molecule has 76 valence electrons. The monoisotopic (exact) mass is 192 g/mol. The van der Waals surface area contributed by atoms with Crippen molar-refractivity contribution in [2.75, 3.05) is 11.9 Å². The standard InChI is InChI=1S/C11H16N2O/c1-8(2)7-13-10-5-3-9(4-6-10)11(12)14/h3-6,8,13H,7H2,1-2H3,(H2,12,14). The molecule has 1 aromatic rings. The number of primary amides is 1. The van der Waals surface area contributed by atoms with Crippen LogP contribution in [0.3, 0.4) is 0 Å². The van der Waals surface area contributed by atoms with E-state index in [1.165, 1.54) is 0 Å². The van der Waals surface area contributed by atoms with Gasteiger partial charge in [0.25, 0.3) is 0 Å². The third-order valence-electron chi connectivity index (χ3n) is 1.88. The Morgan fingerprint density at radius 2 is 1.93 bits per heavy atom. The van der Waals surface area contributed by atoms with Crippen LogP contribution in [0.2, 0.25) is 0 Å². The molecule has 3 nitrogen and oxygen atoms in total. The molecule has 0 fully saturated rings. The summed E-state index contributed by atoms with van der Waals surface area (Å²) in [6.45, 7) is 5.21. The minimum Gasteiger partial charge on any atom is -0.385 e. The van der Waals surface area contributed by atoms with Crippen LogP contribution in [-0.2, 0) is 0 Å². The van der Waals surface area contributed by atoms with Crippen molar-refractivity contribution >= 4 is 11.6 Å². The highest BCUT2D eigenvalue weighted by Gasteiger charge is 1.99. The molecule has 0 saturated heterocycles. The maximum Gasteiger partial charge on any atom is 0.248 e. The van der Waals surface area contributed by atoms with Gasteiger partial charge in [-0.1, -0.05) is 13.8 Å². The topological polar surface area (TPSA) is 55.1 Å². The number of amides is 1. The quantitative estimate of drug-likeness (QED) is 0.765. The van der Waals surface area contributed by atoms with Crippen LogP contribution in [0.25, 0.3) is 0 Å². The van der Waals surface area contributed by atoms with E-state index in [1.54, 1.807) is 12.1 Å². The maximum absolute atomic E-state index is 10.8. The highest BCUT2D eigenvalue weighted by molar-refractivity contribution is 5.93. The van der Waals surface area contributed by atoms with Crippen LogP contribution in [0.5, 0.6) is 0 Å². The van der Waals surface area contributed by atoms with Crippen LogP contribution in [0.4, 0.5) is 5.69 Å². The first kappa shape index (κ1) is 10.6. The lowest BCUT2D eigenvalue weighted by atomic mass is 10.2. The van der Waals surface area contributed by atoms with Crippen molar-refractivity contribution in [3.8, 4) is 0 Å². The number of nitrogens with two attached hydrogens (primary N) is 1. The molecule has 0 aromatic heterocycles. The minimum atomic E-state index is -0.389. The van der Waals surface area contributed by atoms with Gasteiger partial charge in [-0.05, 0) is 30.2 Å². The van der Waals surface area contributed by atoms with Crippen molar-refractivity contribution in [3.05, 3.63) is 29.8 Å². The number of hydrogen-bond donors (Lipinski definition) is 2. The molecule has 1 aromatic carbocycles. The summed E-state index contributed by atoms with van der Waals surface area (Å²) in [5.41, 5.74) is 6.69. The summed E-state index contributed by atoms with van der Waals surface area (Å²) in [4.78, 5) is 10.8. The molecule has 0 heterocycles. The number of carbonyl (C=O) groups is 1. The van der Waals surface area contributed by atoms with Gasteiger partial charge < -0.3 is 11.1 Å². The van der Waals surface area contributed by atoms with Gasteiger partial charge in [0.05, 0.1) is 0 Å². The summed E-state index contributed by atoms with van der Waals surface area (Å²) in [5, 5.41) is 3.26. The number of benzene rings is 1. The van der Waals surface area contributed by atoms with Crippen LogP contribution in [0.15, 0.2) is 24.3 Å². The Labute approximate surface area is 84.3 Å². The Kier molecular flexibility index (Phi) is 3.51. The van der Waals surface area contributed by atoms with Crippen molar-refractivity contribution in [1.82, 2.24) is 0 Å². The first-order chi connectivity index (χ1) is 6.59. The Balaban J connectivity index is 2.60. The number of carbonyl (C=O) groups excluding carboxylic acids is 1. The van der Waals surface area contributed by atoms with Gasteiger partial charge in [-0.15, -0.1) is 0 Å². The highest BCUT2D eigenvalue weighted by atomic mass is 16.1. The van der Waals surface area contributed by atoms with Gasteiger partial charge in [-0.25, -0.2) is 0 Å². The smallest absolute Gasteiger partial charge is 0.248 e. The van der Waals surface area contributed by atoms with E-state index in [0.717, 1.165) is 12.2 Å². The zero-order chi connectivity index (χ0) is 10.6. The van der Waals surface area contributed by atoms with Crippen molar-refractivity contribution in [2.45, 2.75) is 13.8 Å². The maximum atomic E-state index is 10.8. The van der Waals surface area contributed by atoms with Gasteiger partial charge in [0, 0.05) is 17.8 Å². The molecule has 3 heteroatoms. The first-order valence-electron chi connectivity index (χ1n) is 4.73. The Hall–Kier alpha value is -1.51. The van der Waals surface area contributed by atoms with Crippen LogP contribution in [0.1, 0.15) is 24.2 Å². The molecule has 0 aliphatic heterocycles. The van der Waals surface area contributed by atoms with Gasteiger partial charge >= 0.3 is 0 Å². The van der Waals surface area contributed by atoms with Crippen LogP contribution in [-0.4, -0.2) is 12.5 Å². The first-order valence-corrected chi connectivity index (χ1v) is 4.73. The lowest BCUT2D eigenvalue weighted by molar-refractivity contribution is 0.100. The van der Waals surface area contributed by atoms with E-state index >= 15 is 0 Å². The summed E-state index contributed by atoms with van der Waals surface area (Å²) < 4.78 is 0. The van der Waals surface area contributed by atoms with Crippen LogP contribution in [0, 0.1) is 5.92 Å². The second-order valence-corrected chi connectivity index (χ2v) is 3.72. The zero-order valence-corrected chi connectivity index (χ0v) is 8.58. The summed E-state index contributed by atoms with van der Waals surface area (Å²) in [7, 11) is 0. The van der Waals surface area contributed by atoms with Crippen molar-refractivity contribution < 1.29 is 4.79 Å². The molecule has 0 radical (unpaired) electrons. The zero-order valence-electron chi connectivity index (χ0n) is 8.58. The molecule has 0 atom stereocenters. The van der Waals surface area contributed by atoms with Gasteiger partial charge in [-0.3, -0.25) is 4.79 Å². The minimum absolute atomic E-state index is 0.389. The summed E-state index contributed by atoms with van der Waals surface area (Å²) in [6.07, 6.45) is 0. The number of anilines is 1. The van der Waals surface area contributed by atoms with E-state index in [1.807, 2.05) is 12.1 Å². The van der Waals surface area contributed by atoms with E-state index in [9.17, 15) is 4.79 Å². The summed E-state index contributed by atoms with van der Waals surface area (Å²) in [6, 6.07) is 7.18. The van der Waals surface area contributed by atoms with Gasteiger partial charge in [-0.2, -0.15) is 0 Å². The van der Waals surface area contributed by atoms with Gasteiger partial charge in [0.1, 0.15) is 0 Å². The summed E-state index contributed by atoms with van der Waals surface area (Å²) >= 11 is 0. The van der Waals surface area contributed by atoms with Gasteiger partial charge in [0.2, 0.25) is 5.91 Å². The molecule has 0 spiro atoms. The molecule has 1 amide bonds. The number of rotatable bonds is 4. The van der Waals surface area contributed by atoms with E-state index in [4.69, 9.17) is 5.73 Å². The van der Waals surface area contributed by atoms with E-state index in [2.05, 4.69) is 19.2 Å². The SMILES string of the molecule is CC(C)CNc1ccc(C(N)=O)cc1. The van der Waals surface area contributed by atoms with E-state index in [-0.39, 0.29) is 5.91 Å². The molecule has 0 bridgehead atoms. The Morgan fingerprint density at radius 3 is 2.36 bits per heavy atom. The average molecular weight is 192 g/mol. The Morgan fingerprint density at radius 1 is 1.36 bits per heavy atom. The fourth-order valence-electron chi connectivity index (χ4n) is 1.07. The van der Waals surface area contributed by atoms with Gasteiger partial charge in [0.15, 0.2) is 0 Å². The van der Waals surface area contributed by atoms with Crippen molar-refractivity contribution in [3.63, 3.8) is 0 Å². The number of hydrogen-bond acceptors (Lipinski definition) is 2. The lowest BCUT2D eigenvalue weighted by Gasteiger charge is -2.08. The molecule has 0 aliphatic rings. The molecule has 14 heavy (non-hydrogen) atoms. The molecule has 1 rings (SSSR count).